The van der Waals surface area contributed by atoms with E-state index < -0.39 is 10.9 Å². The molecule has 1 N–H and O–H groups in total. The van der Waals surface area contributed by atoms with Crippen molar-refractivity contribution in [3.63, 3.8) is 0 Å². The molecule has 13 heavy (non-hydrogen) atoms. The molecule has 0 fully saturated rings. The fourth-order valence-electron chi connectivity index (χ4n) is 1.07. The summed E-state index contributed by atoms with van der Waals surface area (Å²) in [6.45, 7) is 0. The molecule has 0 bridgehead atoms. The Bertz CT molecular complexity index is 377. The van der Waals surface area contributed by atoms with Crippen LogP contribution in [0.15, 0.2) is 18.2 Å². The van der Waals surface area contributed by atoms with Crippen molar-refractivity contribution in [3.8, 4) is 0 Å². The minimum atomic E-state index is -1.28. The summed E-state index contributed by atoms with van der Waals surface area (Å²) >= 11 is 1.50. The van der Waals surface area contributed by atoms with Gasteiger partial charge in [0, 0.05) is 0 Å². The normalized spacial score (nSPS) is 9.69. The average molecular weight is 173 g/mol. The molecule has 0 atom stereocenters. The molecule has 0 radical (unpaired) electrons. The number of hydrogen-bond acceptors (Lipinski definition) is 3. The van der Waals surface area contributed by atoms with Crippen molar-refractivity contribution in [2.75, 3.05) is 0 Å². The number of para-hydroxylation sites is 1. The van der Waals surface area contributed by atoms with Gasteiger partial charge in [-0.15, -0.1) is 0 Å². The van der Waals surface area contributed by atoms with Crippen LogP contribution in [0.3, 0.4) is 0 Å². The Hall–Kier alpha value is -1.31. The number of rotatable bonds is 2. The van der Waals surface area contributed by atoms with Gasteiger partial charge in [-0.1, -0.05) is 0 Å². The van der Waals surface area contributed by atoms with E-state index >= 15 is 0 Å². The fourth-order valence-corrected chi connectivity index (χ4v) is 1.07. The number of nitrogens with zero attached hydrogens (tertiary/aromatic N) is 1. The van der Waals surface area contributed by atoms with Gasteiger partial charge in [-0.05, 0) is 0 Å². The summed E-state index contributed by atoms with van der Waals surface area (Å²) in [7, 11) is 0. The van der Waals surface area contributed by atoms with Crippen molar-refractivity contribution in [2.45, 2.75) is 0 Å². The second kappa shape index (κ2) is 3.60. The number of carbonyl (C=O) groups is 1. The van der Waals surface area contributed by atoms with Gasteiger partial charge in [-0.2, -0.15) is 0 Å². The number of benzene rings is 1. The third-order valence-electron chi connectivity index (χ3n) is 1.65. The van der Waals surface area contributed by atoms with Crippen molar-refractivity contribution >= 4 is 33.6 Å². The SMILES string of the molecule is [Li][c]1cccc(C(=O)O)c1[N+](=O)[O-]. The Balaban J connectivity index is 3.43. The second-order valence-electron chi connectivity index (χ2n) is 2.53. The number of hydrogen-bond donors (Lipinski definition) is 1. The van der Waals surface area contributed by atoms with Crippen molar-refractivity contribution in [1.82, 2.24) is 0 Å². The number of carboxylic acid groups (broad SMARTS) is 1. The minimum absolute atomic E-state index is 0.273. The van der Waals surface area contributed by atoms with E-state index in [-0.39, 0.29) is 11.3 Å². The Morgan fingerprint density at radius 1 is 1.54 bits per heavy atom. The van der Waals surface area contributed by atoms with Gasteiger partial charge in [-0.25, -0.2) is 0 Å². The summed E-state index contributed by atoms with van der Waals surface area (Å²) in [6, 6.07) is 4.20. The summed E-state index contributed by atoms with van der Waals surface area (Å²) in [4.78, 5) is 20.4. The van der Waals surface area contributed by atoms with Crippen molar-refractivity contribution in [2.24, 2.45) is 0 Å². The average Bonchev–Trinajstić information content (AvgIpc) is 2.02. The Kier molecular flexibility index (Phi) is 2.71. The summed E-state index contributed by atoms with van der Waals surface area (Å²) in [5.74, 6) is -1.28. The summed E-state index contributed by atoms with van der Waals surface area (Å²) < 4.78 is 0.352. The van der Waals surface area contributed by atoms with Crippen molar-refractivity contribution in [1.29, 1.82) is 0 Å². The maximum atomic E-state index is 10.6. The third-order valence-corrected chi connectivity index (χ3v) is 1.65. The molecule has 0 aliphatic rings. The van der Waals surface area contributed by atoms with E-state index in [1.807, 2.05) is 0 Å². The molecule has 0 spiro atoms. The van der Waals surface area contributed by atoms with Gasteiger partial charge in [0.1, 0.15) is 0 Å². The topological polar surface area (TPSA) is 80.4 Å². The van der Waals surface area contributed by atoms with Gasteiger partial charge in [0.05, 0.1) is 0 Å². The Labute approximate surface area is 82.7 Å². The van der Waals surface area contributed by atoms with Gasteiger partial charge in [-0.3, -0.25) is 0 Å². The van der Waals surface area contributed by atoms with Crippen LogP contribution in [0.4, 0.5) is 5.69 Å². The predicted octanol–water partition coefficient (Wildman–Crippen LogP) is 0.0868. The van der Waals surface area contributed by atoms with Crippen LogP contribution in [-0.4, -0.2) is 33.7 Å². The second-order valence-corrected chi connectivity index (χ2v) is 2.53. The van der Waals surface area contributed by atoms with Crippen LogP contribution in [0, 0.1) is 10.1 Å². The molecule has 0 saturated carbocycles. The Morgan fingerprint density at radius 3 is 2.54 bits per heavy atom. The van der Waals surface area contributed by atoms with Crippen LogP contribution in [0.1, 0.15) is 10.4 Å². The van der Waals surface area contributed by atoms with E-state index in [1.165, 1.54) is 35.9 Å². The molecule has 0 aliphatic heterocycles. The molecule has 1 aromatic rings. The van der Waals surface area contributed by atoms with E-state index in [9.17, 15) is 14.9 Å². The summed E-state index contributed by atoms with van der Waals surface area (Å²) in [6.07, 6.45) is 0. The molecule has 5 nitrogen and oxygen atoms in total. The van der Waals surface area contributed by atoms with Crippen LogP contribution < -0.4 is 4.24 Å². The van der Waals surface area contributed by atoms with Gasteiger partial charge >= 0.3 is 82.3 Å². The molecule has 0 aliphatic carbocycles. The van der Waals surface area contributed by atoms with Gasteiger partial charge in [0.2, 0.25) is 0 Å². The number of nitro groups is 1. The van der Waals surface area contributed by atoms with Crippen LogP contribution in [-0.2, 0) is 0 Å². The van der Waals surface area contributed by atoms with E-state index in [0.717, 1.165) is 0 Å². The molecule has 0 unspecified atom stereocenters. The van der Waals surface area contributed by atoms with Gasteiger partial charge in [0.15, 0.2) is 0 Å². The van der Waals surface area contributed by atoms with E-state index in [1.54, 1.807) is 0 Å². The molecule has 0 amide bonds. The Morgan fingerprint density at radius 2 is 2.15 bits per heavy atom. The van der Waals surface area contributed by atoms with Crippen LogP contribution >= 0.6 is 0 Å². The van der Waals surface area contributed by atoms with Gasteiger partial charge in [0.25, 0.3) is 0 Å². The predicted molar refractivity (Wildman–Crippen MR) is 45.4 cm³/mol. The number of aromatic carboxylic acids is 1. The molecule has 0 aromatic heterocycles. The molecule has 0 heterocycles. The third kappa shape index (κ3) is 1.88. The number of nitro benzene ring substituents is 1. The first-order valence-electron chi connectivity index (χ1n) is 3.51. The van der Waals surface area contributed by atoms with Crippen LogP contribution in [0.25, 0.3) is 0 Å². The van der Waals surface area contributed by atoms with E-state index in [0.29, 0.717) is 4.24 Å². The van der Waals surface area contributed by atoms with Crippen molar-refractivity contribution in [3.05, 3.63) is 33.9 Å². The summed E-state index contributed by atoms with van der Waals surface area (Å²) in [5.41, 5.74) is -0.611. The zero-order chi connectivity index (χ0) is 10.0. The van der Waals surface area contributed by atoms with Crippen LogP contribution in [0.5, 0.6) is 0 Å². The first-order valence-corrected chi connectivity index (χ1v) is 3.51. The molecular weight excluding hydrogens is 169 g/mol. The summed E-state index contributed by atoms with van der Waals surface area (Å²) in [5, 5.41) is 19.1. The molecular formula is C7H4LiNO4. The first-order chi connectivity index (χ1) is 6.04. The van der Waals surface area contributed by atoms with E-state index in [4.69, 9.17) is 5.11 Å². The molecule has 1 rings (SSSR count). The van der Waals surface area contributed by atoms with E-state index in [2.05, 4.69) is 0 Å². The fraction of sp³-hybridized carbons (Fsp3) is 0. The molecule has 6 heteroatoms. The van der Waals surface area contributed by atoms with Crippen LogP contribution in [0.2, 0.25) is 0 Å². The number of carboxylic acids is 1. The monoisotopic (exact) mass is 173 g/mol. The zero-order valence-corrected chi connectivity index (χ0v) is 6.85. The standard InChI is InChI=1S/C7H4NO4.Li/c9-7(10)5-3-1-2-4-6(5)8(11)12;/h1-3H,(H,9,10);. The molecule has 1 aromatic carbocycles. The molecule has 62 valence electrons. The maximum absolute atomic E-state index is 10.6. The zero-order valence-electron chi connectivity index (χ0n) is 6.85. The van der Waals surface area contributed by atoms with Gasteiger partial charge < -0.3 is 0 Å². The molecule has 0 saturated heterocycles. The quantitative estimate of drug-likeness (QED) is 0.390. The van der Waals surface area contributed by atoms with Crippen molar-refractivity contribution < 1.29 is 14.8 Å². The first kappa shape index (κ1) is 9.77.